The minimum atomic E-state index is -0.421. The number of nitrogens with one attached hydrogen (secondary N) is 1. The van der Waals surface area contributed by atoms with Crippen molar-refractivity contribution < 1.29 is 9.18 Å². The van der Waals surface area contributed by atoms with Gasteiger partial charge in [0.15, 0.2) is 5.13 Å². The Morgan fingerprint density at radius 3 is 2.86 bits per heavy atom. The smallest absolute Gasteiger partial charge is 0.257 e. The van der Waals surface area contributed by atoms with E-state index in [4.69, 9.17) is 5.26 Å². The summed E-state index contributed by atoms with van der Waals surface area (Å²) in [5.41, 5.74) is 0.996. The molecule has 3 aromatic rings. The molecule has 0 aliphatic carbocycles. The summed E-state index contributed by atoms with van der Waals surface area (Å²) in [6, 6.07) is 13.0. The zero-order chi connectivity index (χ0) is 14.8. The fourth-order valence-corrected chi connectivity index (χ4v) is 2.74. The highest BCUT2D eigenvalue weighted by Crippen LogP contribution is 2.27. The van der Waals surface area contributed by atoms with Gasteiger partial charge in [-0.3, -0.25) is 10.1 Å². The number of amides is 1. The number of nitrogens with zero attached hydrogens (tertiary/aromatic N) is 2. The number of rotatable bonds is 2. The number of carbonyl (C=O) groups is 1. The van der Waals surface area contributed by atoms with Gasteiger partial charge in [0.1, 0.15) is 11.3 Å². The van der Waals surface area contributed by atoms with Crippen molar-refractivity contribution in [2.24, 2.45) is 0 Å². The minimum Gasteiger partial charge on any atom is -0.298 e. The lowest BCUT2D eigenvalue weighted by atomic mass is 10.1. The molecule has 0 spiro atoms. The molecule has 0 aliphatic rings. The quantitative estimate of drug-likeness (QED) is 0.786. The first kappa shape index (κ1) is 13.2. The van der Waals surface area contributed by atoms with E-state index in [9.17, 15) is 9.18 Å². The van der Waals surface area contributed by atoms with E-state index in [1.807, 2.05) is 6.07 Å². The second-order valence-electron chi connectivity index (χ2n) is 4.25. The maximum absolute atomic E-state index is 13.6. The van der Waals surface area contributed by atoms with Gasteiger partial charge in [0.25, 0.3) is 5.91 Å². The van der Waals surface area contributed by atoms with Crippen LogP contribution in [0.25, 0.3) is 10.2 Å². The van der Waals surface area contributed by atoms with Crippen molar-refractivity contribution in [3.63, 3.8) is 0 Å². The average Bonchev–Trinajstić information content (AvgIpc) is 2.91. The van der Waals surface area contributed by atoms with Crippen LogP contribution in [0, 0.1) is 17.1 Å². The van der Waals surface area contributed by atoms with Crippen LogP contribution in [0.5, 0.6) is 0 Å². The van der Waals surface area contributed by atoms with E-state index in [1.165, 1.54) is 23.5 Å². The van der Waals surface area contributed by atoms with Crippen LogP contribution in [-0.4, -0.2) is 10.9 Å². The Morgan fingerprint density at radius 2 is 2.10 bits per heavy atom. The Bertz CT molecular complexity index is 882. The Labute approximate surface area is 123 Å². The van der Waals surface area contributed by atoms with Crippen LogP contribution >= 0.6 is 11.3 Å². The zero-order valence-corrected chi connectivity index (χ0v) is 11.4. The first-order valence-electron chi connectivity index (χ1n) is 6.04. The number of carbonyl (C=O) groups excluding carboxylic acids is 1. The Hall–Kier alpha value is -2.78. The third kappa shape index (κ3) is 2.59. The molecule has 1 N–H and O–H groups in total. The Morgan fingerprint density at radius 1 is 1.29 bits per heavy atom. The van der Waals surface area contributed by atoms with Crippen LogP contribution in [0.1, 0.15) is 15.9 Å². The molecule has 0 radical (unpaired) electrons. The lowest BCUT2D eigenvalue weighted by molar-refractivity contribution is 0.102. The Balaban J connectivity index is 1.89. The first-order valence-corrected chi connectivity index (χ1v) is 6.85. The standard InChI is InChI=1S/C15H8FN3OS/c16-11-5-2-6-12-13(11)18-15(21-12)19-14(20)10-4-1-3-9(7-10)8-17/h1-7H,(H,18,19,20). The van der Waals surface area contributed by atoms with E-state index in [2.05, 4.69) is 10.3 Å². The molecule has 6 heteroatoms. The fourth-order valence-electron chi connectivity index (χ4n) is 1.87. The van der Waals surface area contributed by atoms with Gasteiger partial charge >= 0.3 is 0 Å². The number of hydrogen-bond acceptors (Lipinski definition) is 4. The lowest BCUT2D eigenvalue weighted by Gasteiger charge is -2.01. The lowest BCUT2D eigenvalue weighted by Crippen LogP contribution is -2.11. The number of para-hydroxylation sites is 1. The van der Waals surface area contributed by atoms with Crippen molar-refractivity contribution in [1.82, 2.24) is 4.98 Å². The average molecular weight is 297 g/mol. The second kappa shape index (κ2) is 5.31. The van der Waals surface area contributed by atoms with Crippen molar-refractivity contribution in [1.29, 1.82) is 5.26 Å². The van der Waals surface area contributed by atoms with E-state index in [1.54, 1.807) is 30.3 Å². The van der Waals surface area contributed by atoms with Crippen LogP contribution in [-0.2, 0) is 0 Å². The van der Waals surface area contributed by atoms with Gasteiger partial charge in [0.05, 0.1) is 16.3 Å². The number of hydrogen-bond donors (Lipinski definition) is 1. The normalized spacial score (nSPS) is 10.3. The van der Waals surface area contributed by atoms with Crippen molar-refractivity contribution in [3.8, 4) is 6.07 Å². The molecule has 102 valence electrons. The maximum Gasteiger partial charge on any atom is 0.257 e. The van der Waals surface area contributed by atoms with Crippen LogP contribution in [0.3, 0.4) is 0 Å². The third-order valence-electron chi connectivity index (χ3n) is 2.84. The van der Waals surface area contributed by atoms with Gasteiger partial charge in [-0.2, -0.15) is 5.26 Å². The SMILES string of the molecule is N#Cc1cccc(C(=O)Nc2nc3c(F)cccc3s2)c1. The Kier molecular flexibility index (Phi) is 3.34. The molecule has 0 saturated heterocycles. The summed E-state index contributed by atoms with van der Waals surface area (Å²) in [7, 11) is 0. The van der Waals surface area contributed by atoms with Crippen molar-refractivity contribution in [3.05, 3.63) is 59.4 Å². The van der Waals surface area contributed by atoms with E-state index < -0.39 is 5.82 Å². The monoisotopic (exact) mass is 297 g/mol. The van der Waals surface area contributed by atoms with E-state index in [-0.39, 0.29) is 11.4 Å². The summed E-state index contributed by atoms with van der Waals surface area (Å²) in [6.45, 7) is 0. The van der Waals surface area contributed by atoms with Crippen molar-refractivity contribution in [2.45, 2.75) is 0 Å². The fraction of sp³-hybridized carbons (Fsp3) is 0. The summed E-state index contributed by atoms with van der Waals surface area (Å²) >= 11 is 1.20. The number of thiazole rings is 1. The van der Waals surface area contributed by atoms with Gasteiger partial charge in [-0.1, -0.05) is 23.5 Å². The van der Waals surface area contributed by atoms with Gasteiger partial charge in [-0.15, -0.1) is 0 Å². The number of halogens is 1. The predicted molar refractivity (Wildman–Crippen MR) is 78.7 cm³/mol. The molecular weight excluding hydrogens is 289 g/mol. The summed E-state index contributed by atoms with van der Waals surface area (Å²) in [5, 5.41) is 11.8. The zero-order valence-electron chi connectivity index (χ0n) is 10.6. The largest absolute Gasteiger partial charge is 0.298 e. The number of benzene rings is 2. The van der Waals surface area contributed by atoms with Crippen molar-refractivity contribution in [2.75, 3.05) is 5.32 Å². The van der Waals surface area contributed by atoms with E-state index >= 15 is 0 Å². The summed E-state index contributed by atoms with van der Waals surface area (Å²) in [6.07, 6.45) is 0. The highest BCUT2D eigenvalue weighted by molar-refractivity contribution is 7.22. The number of anilines is 1. The molecule has 0 atom stereocenters. The van der Waals surface area contributed by atoms with Gasteiger partial charge in [-0.25, -0.2) is 9.37 Å². The minimum absolute atomic E-state index is 0.239. The summed E-state index contributed by atoms with van der Waals surface area (Å²) < 4.78 is 14.2. The number of nitriles is 1. The molecule has 1 heterocycles. The molecule has 2 aromatic carbocycles. The van der Waals surface area contributed by atoms with Crippen LogP contribution < -0.4 is 5.32 Å². The highest BCUT2D eigenvalue weighted by Gasteiger charge is 2.12. The van der Waals surface area contributed by atoms with E-state index in [0.29, 0.717) is 21.0 Å². The molecule has 0 fully saturated rings. The number of aromatic nitrogens is 1. The number of fused-ring (bicyclic) bond motifs is 1. The molecule has 4 nitrogen and oxygen atoms in total. The predicted octanol–water partition coefficient (Wildman–Crippen LogP) is 3.56. The molecule has 3 rings (SSSR count). The van der Waals surface area contributed by atoms with Crippen LogP contribution in [0.4, 0.5) is 9.52 Å². The van der Waals surface area contributed by atoms with Gasteiger partial charge in [0, 0.05) is 5.56 Å². The topological polar surface area (TPSA) is 65.8 Å². The van der Waals surface area contributed by atoms with Crippen molar-refractivity contribution >= 4 is 32.6 Å². The van der Waals surface area contributed by atoms with E-state index in [0.717, 1.165) is 0 Å². The molecule has 0 aliphatic heterocycles. The summed E-state index contributed by atoms with van der Waals surface area (Å²) in [5.74, 6) is -0.803. The molecule has 0 bridgehead atoms. The summed E-state index contributed by atoms with van der Waals surface area (Å²) in [4.78, 5) is 16.2. The molecule has 0 saturated carbocycles. The molecule has 1 aromatic heterocycles. The molecule has 21 heavy (non-hydrogen) atoms. The van der Waals surface area contributed by atoms with Crippen LogP contribution in [0.15, 0.2) is 42.5 Å². The van der Waals surface area contributed by atoms with Crippen LogP contribution in [0.2, 0.25) is 0 Å². The highest BCUT2D eigenvalue weighted by atomic mass is 32.1. The molecule has 1 amide bonds. The second-order valence-corrected chi connectivity index (χ2v) is 5.28. The first-order chi connectivity index (χ1) is 10.2. The van der Waals surface area contributed by atoms with Gasteiger partial charge in [-0.05, 0) is 30.3 Å². The third-order valence-corrected chi connectivity index (χ3v) is 3.78. The maximum atomic E-state index is 13.6. The van der Waals surface area contributed by atoms with Gasteiger partial charge in [0.2, 0.25) is 0 Å². The molecular formula is C15H8FN3OS. The van der Waals surface area contributed by atoms with Gasteiger partial charge < -0.3 is 0 Å². The molecule has 0 unspecified atom stereocenters.